The van der Waals surface area contributed by atoms with Crippen molar-refractivity contribution in [1.29, 1.82) is 0 Å². The number of hydrogen-bond donors (Lipinski definition) is 2. The van der Waals surface area contributed by atoms with Gasteiger partial charge in [-0.1, -0.05) is 30.3 Å². The van der Waals surface area contributed by atoms with Crippen LogP contribution in [-0.4, -0.2) is 55.6 Å². The fourth-order valence-electron chi connectivity index (χ4n) is 3.16. The molecule has 2 N–H and O–H groups in total. The van der Waals surface area contributed by atoms with Gasteiger partial charge in [-0.15, -0.1) is 24.0 Å². The Morgan fingerprint density at radius 1 is 1.32 bits per heavy atom. The van der Waals surface area contributed by atoms with E-state index in [1.54, 1.807) is 0 Å². The van der Waals surface area contributed by atoms with Gasteiger partial charge in [0.15, 0.2) is 5.96 Å². The van der Waals surface area contributed by atoms with E-state index in [2.05, 4.69) is 39.6 Å². The van der Waals surface area contributed by atoms with Crippen LogP contribution in [0, 0.1) is 5.92 Å². The predicted octanol–water partition coefficient (Wildman–Crippen LogP) is 3.02. The summed E-state index contributed by atoms with van der Waals surface area (Å²) in [4.78, 5) is 18.7. The summed E-state index contributed by atoms with van der Waals surface area (Å²) in [6, 6.07) is 10.4. The highest BCUT2D eigenvalue weighted by atomic mass is 127. The van der Waals surface area contributed by atoms with Gasteiger partial charge in [-0.05, 0) is 32.8 Å². The summed E-state index contributed by atoms with van der Waals surface area (Å²) in [5.41, 5.74) is 1.21. The Bertz CT molecular complexity index is 595. The molecule has 0 aliphatic carbocycles. The number of carbonyl (C=O) groups excluding carboxylic acids is 1. The number of benzene rings is 1. The van der Waals surface area contributed by atoms with Crippen molar-refractivity contribution in [3.8, 4) is 0 Å². The summed E-state index contributed by atoms with van der Waals surface area (Å²) < 4.78 is 5.90. The van der Waals surface area contributed by atoms with E-state index in [9.17, 15) is 4.79 Å². The number of likely N-dealkylation sites (tertiary alicyclic amines) is 1. The number of halogens is 1. The Morgan fingerprint density at radius 3 is 2.75 bits per heavy atom. The fourth-order valence-corrected chi connectivity index (χ4v) is 3.16. The van der Waals surface area contributed by atoms with Crippen molar-refractivity contribution in [1.82, 2.24) is 15.5 Å². The molecule has 6 nitrogen and oxygen atoms in total. The number of carbonyl (C=O) groups is 1. The number of aliphatic imine (C=N–C) groups is 1. The second-order valence-corrected chi connectivity index (χ2v) is 7.31. The van der Waals surface area contributed by atoms with Crippen LogP contribution in [0.5, 0.6) is 0 Å². The van der Waals surface area contributed by atoms with Crippen LogP contribution in [0.4, 0.5) is 0 Å². The maximum atomic E-state index is 11.8. The topological polar surface area (TPSA) is 66.0 Å². The van der Waals surface area contributed by atoms with Gasteiger partial charge in [-0.3, -0.25) is 9.79 Å². The predicted molar refractivity (Wildman–Crippen MR) is 125 cm³/mol. The minimum absolute atomic E-state index is 0. The number of ether oxygens (including phenoxy) is 1. The van der Waals surface area contributed by atoms with Gasteiger partial charge in [0.2, 0.25) is 5.91 Å². The molecule has 1 heterocycles. The summed E-state index contributed by atoms with van der Waals surface area (Å²) in [5, 5.41) is 6.25. The Balaban J connectivity index is 0.00000392. The summed E-state index contributed by atoms with van der Waals surface area (Å²) in [6.45, 7) is 10.7. The molecule has 0 aromatic heterocycles. The lowest BCUT2D eigenvalue weighted by Gasteiger charge is -2.21. The van der Waals surface area contributed by atoms with Crippen LogP contribution in [0.15, 0.2) is 35.3 Å². The van der Waals surface area contributed by atoms with Crippen LogP contribution in [0.2, 0.25) is 0 Å². The second-order valence-electron chi connectivity index (χ2n) is 7.31. The van der Waals surface area contributed by atoms with Gasteiger partial charge in [-0.2, -0.15) is 0 Å². The lowest BCUT2D eigenvalue weighted by molar-refractivity contribution is -0.121. The van der Waals surface area contributed by atoms with Gasteiger partial charge >= 0.3 is 0 Å². The van der Waals surface area contributed by atoms with E-state index in [0.717, 1.165) is 38.6 Å². The van der Waals surface area contributed by atoms with Gasteiger partial charge in [0.1, 0.15) is 0 Å². The third-order valence-electron chi connectivity index (χ3n) is 4.44. The Labute approximate surface area is 186 Å². The van der Waals surface area contributed by atoms with Crippen molar-refractivity contribution in [2.45, 2.75) is 46.3 Å². The first kappa shape index (κ1) is 24.7. The molecular formula is C21H35IN4O2. The lowest BCUT2D eigenvalue weighted by Crippen LogP contribution is -2.40. The van der Waals surface area contributed by atoms with Gasteiger partial charge in [0.05, 0.1) is 19.8 Å². The zero-order chi connectivity index (χ0) is 19.5. The van der Waals surface area contributed by atoms with Gasteiger partial charge in [0, 0.05) is 38.0 Å². The first-order chi connectivity index (χ1) is 13.1. The van der Waals surface area contributed by atoms with Crippen molar-refractivity contribution >= 4 is 35.8 Å². The smallest absolute Gasteiger partial charge is 0.222 e. The molecule has 7 heteroatoms. The minimum atomic E-state index is 0. The van der Waals surface area contributed by atoms with E-state index in [0.29, 0.717) is 25.5 Å². The first-order valence-corrected chi connectivity index (χ1v) is 10.0. The summed E-state index contributed by atoms with van der Waals surface area (Å²) in [6.07, 6.45) is 1.53. The maximum absolute atomic E-state index is 11.8. The Kier molecular flexibility index (Phi) is 12.1. The quantitative estimate of drug-likeness (QED) is 0.310. The number of nitrogens with one attached hydrogen (secondary N) is 2. The van der Waals surface area contributed by atoms with Gasteiger partial charge in [0.25, 0.3) is 0 Å². The van der Waals surface area contributed by atoms with Crippen LogP contribution >= 0.6 is 24.0 Å². The molecule has 1 amide bonds. The first-order valence-electron chi connectivity index (χ1n) is 10.0. The van der Waals surface area contributed by atoms with Crippen LogP contribution in [0.25, 0.3) is 0 Å². The van der Waals surface area contributed by atoms with Crippen molar-refractivity contribution in [3.63, 3.8) is 0 Å². The van der Waals surface area contributed by atoms with Gasteiger partial charge < -0.3 is 20.3 Å². The van der Waals surface area contributed by atoms with E-state index in [1.165, 1.54) is 5.56 Å². The highest BCUT2D eigenvalue weighted by molar-refractivity contribution is 14.0. The third kappa shape index (κ3) is 9.23. The van der Waals surface area contributed by atoms with Crippen molar-refractivity contribution in [2.24, 2.45) is 10.9 Å². The molecule has 28 heavy (non-hydrogen) atoms. The molecular weight excluding hydrogens is 467 g/mol. The van der Waals surface area contributed by atoms with E-state index in [-0.39, 0.29) is 35.9 Å². The van der Waals surface area contributed by atoms with Crippen LogP contribution in [0.1, 0.15) is 39.2 Å². The lowest BCUT2D eigenvalue weighted by atomic mass is 10.1. The third-order valence-corrected chi connectivity index (χ3v) is 4.44. The Morgan fingerprint density at radius 2 is 2.07 bits per heavy atom. The zero-order valence-electron chi connectivity index (χ0n) is 17.3. The molecule has 158 valence electrons. The standard InChI is InChI=1S/C21H34N4O2.HI/c1-4-22-21(23-12-10-20(26)24-17(2)3)25-13-11-19(14-25)16-27-15-18-8-6-5-7-9-18;/h5-9,17,19H,4,10-16H2,1-3H3,(H,22,23)(H,24,26);1H. The molecule has 1 aliphatic rings. The SMILES string of the molecule is CCNC(=NCCC(=O)NC(C)C)N1CCC(COCc2ccccc2)C1.I. The second kappa shape index (κ2) is 13.8. The van der Waals surface area contributed by atoms with Crippen LogP contribution in [0.3, 0.4) is 0 Å². The number of hydrogen-bond acceptors (Lipinski definition) is 3. The molecule has 1 saturated heterocycles. The number of nitrogens with zero attached hydrogens (tertiary/aromatic N) is 2. The van der Waals surface area contributed by atoms with E-state index in [1.807, 2.05) is 32.0 Å². The average Bonchev–Trinajstić information content (AvgIpc) is 3.10. The van der Waals surface area contributed by atoms with Crippen LogP contribution in [-0.2, 0) is 16.1 Å². The van der Waals surface area contributed by atoms with Gasteiger partial charge in [-0.25, -0.2) is 0 Å². The molecule has 0 bridgehead atoms. The average molecular weight is 502 g/mol. The maximum Gasteiger partial charge on any atom is 0.222 e. The summed E-state index contributed by atoms with van der Waals surface area (Å²) in [7, 11) is 0. The van der Waals surface area contributed by atoms with Crippen LogP contribution < -0.4 is 10.6 Å². The zero-order valence-corrected chi connectivity index (χ0v) is 19.6. The number of guanidine groups is 1. The van der Waals surface area contributed by atoms with Crippen molar-refractivity contribution < 1.29 is 9.53 Å². The fraction of sp³-hybridized carbons (Fsp3) is 0.619. The Hall–Kier alpha value is -1.35. The molecule has 2 rings (SSSR count). The number of rotatable bonds is 9. The highest BCUT2D eigenvalue weighted by Gasteiger charge is 2.25. The molecule has 1 aromatic carbocycles. The minimum Gasteiger partial charge on any atom is -0.376 e. The molecule has 1 aromatic rings. The highest BCUT2D eigenvalue weighted by Crippen LogP contribution is 2.17. The molecule has 0 spiro atoms. The largest absolute Gasteiger partial charge is 0.376 e. The summed E-state index contributed by atoms with van der Waals surface area (Å²) in [5.74, 6) is 1.47. The van der Waals surface area contributed by atoms with E-state index < -0.39 is 0 Å². The summed E-state index contributed by atoms with van der Waals surface area (Å²) >= 11 is 0. The molecule has 1 unspecified atom stereocenters. The monoisotopic (exact) mass is 502 g/mol. The van der Waals surface area contributed by atoms with E-state index in [4.69, 9.17) is 4.74 Å². The molecule has 0 saturated carbocycles. The molecule has 0 radical (unpaired) electrons. The van der Waals surface area contributed by atoms with E-state index >= 15 is 0 Å². The molecule has 1 aliphatic heterocycles. The number of amides is 1. The normalized spacial score (nSPS) is 16.8. The molecule has 1 atom stereocenters. The van der Waals surface area contributed by atoms with Crippen molar-refractivity contribution in [3.05, 3.63) is 35.9 Å². The van der Waals surface area contributed by atoms with Crippen molar-refractivity contribution in [2.75, 3.05) is 32.8 Å². The molecule has 1 fully saturated rings.